The first-order valence-corrected chi connectivity index (χ1v) is 8.46. The van der Waals surface area contributed by atoms with E-state index in [0.29, 0.717) is 0 Å². The second kappa shape index (κ2) is 7.08. The van der Waals surface area contributed by atoms with Gasteiger partial charge in [0.1, 0.15) is 0 Å². The first-order valence-electron chi connectivity index (χ1n) is 8.46. The molecule has 1 aliphatic heterocycles. The van der Waals surface area contributed by atoms with Gasteiger partial charge in [0, 0.05) is 0 Å². The van der Waals surface area contributed by atoms with Crippen LogP contribution < -0.4 is 0 Å². The van der Waals surface area contributed by atoms with Gasteiger partial charge in [-0.25, -0.2) is 0 Å². The molecule has 0 N–H and O–H groups in total. The van der Waals surface area contributed by atoms with Gasteiger partial charge in [0.25, 0.3) is 0 Å². The highest BCUT2D eigenvalue weighted by Crippen LogP contribution is 2.40. The molecule has 2 heteroatoms. The van der Waals surface area contributed by atoms with Gasteiger partial charge in [-0.05, 0) is 75.5 Å². The molecule has 0 atom stereocenters. The van der Waals surface area contributed by atoms with Gasteiger partial charge in [0.2, 0.25) is 0 Å². The Balaban J connectivity index is 1.34. The third-order valence-corrected chi connectivity index (χ3v) is 5.54. The third kappa shape index (κ3) is 3.95. The molecule has 0 unspecified atom stereocenters. The number of hydrogen-bond donors (Lipinski definition) is 0. The van der Waals surface area contributed by atoms with Gasteiger partial charge >= 0.3 is 0 Å². The van der Waals surface area contributed by atoms with E-state index < -0.39 is 0 Å². The van der Waals surface area contributed by atoms with Crippen molar-refractivity contribution in [2.24, 2.45) is 17.8 Å². The maximum atomic E-state index is 5.53. The third-order valence-electron chi connectivity index (χ3n) is 5.54. The lowest BCUT2D eigenvalue weighted by molar-refractivity contribution is -0.0514. The Hall–Kier alpha value is -0.0800. The summed E-state index contributed by atoms with van der Waals surface area (Å²) in [6.45, 7) is 1.60. The Morgan fingerprint density at radius 2 is 1.37 bits per heavy atom. The highest BCUT2D eigenvalue weighted by molar-refractivity contribution is 4.84. The molecule has 109 valence electrons. The first-order chi connectivity index (χ1) is 9.42. The van der Waals surface area contributed by atoms with Crippen LogP contribution in [0.5, 0.6) is 0 Å². The van der Waals surface area contributed by atoms with Crippen molar-refractivity contribution in [2.45, 2.75) is 70.5 Å². The molecule has 2 saturated carbocycles. The lowest BCUT2D eigenvalue weighted by Gasteiger charge is -2.36. The fourth-order valence-electron chi connectivity index (χ4n) is 4.32. The normalized spacial score (nSPS) is 34.7. The van der Waals surface area contributed by atoms with Gasteiger partial charge in [0.05, 0.1) is 13.2 Å². The lowest BCUT2D eigenvalue weighted by atomic mass is 9.70. The van der Waals surface area contributed by atoms with Crippen LogP contribution in [0.4, 0.5) is 0 Å². The minimum atomic E-state index is 0.117. The van der Waals surface area contributed by atoms with Gasteiger partial charge in [-0.15, -0.1) is 0 Å². The van der Waals surface area contributed by atoms with E-state index >= 15 is 0 Å². The fourth-order valence-corrected chi connectivity index (χ4v) is 4.32. The average molecular weight is 265 g/mol. The Morgan fingerprint density at radius 1 is 0.737 bits per heavy atom. The standard InChI is InChI=1S/C17H29O2/c1-2-4-15(5-3-1)16-9-6-14(7-10-16)8-11-17-18-12-13-19-17/h1,14-17H,2-13H2/t14-,16-. The number of ether oxygens (including phenoxy) is 2. The van der Waals surface area contributed by atoms with Crippen molar-refractivity contribution in [1.82, 2.24) is 0 Å². The quantitative estimate of drug-likeness (QED) is 0.753. The molecule has 1 saturated heterocycles. The predicted octanol–water partition coefficient (Wildman–Crippen LogP) is 4.34. The lowest BCUT2D eigenvalue weighted by Crippen LogP contribution is -2.24. The summed E-state index contributed by atoms with van der Waals surface area (Å²) in [5.41, 5.74) is 0. The van der Waals surface area contributed by atoms with Crippen LogP contribution in [-0.4, -0.2) is 19.5 Å². The number of rotatable bonds is 4. The van der Waals surface area contributed by atoms with Crippen LogP contribution in [0.1, 0.15) is 64.2 Å². The molecule has 3 rings (SSSR count). The Labute approximate surface area is 118 Å². The van der Waals surface area contributed by atoms with Gasteiger partial charge in [-0.1, -0.05) is 12.8 Å². The SMILES string of the molecule is [CH]1CCC([C@H]2CC[C@H](CCC3OCCO3)CC2)CC1. The molecule has 0 bridgehead atoms. The Morgan fingerprint density at radius 3 is 2.05 bits per heavy atom. The molecule has 0 aromatic heterocycles. The van der Waals surface area contributed by atoms with Crippen LogP contribution in [0.15, 0.2) is 0 Å². The van der Waals surface area contributed by atoms with Crippen LogP contribution in [-0.2, 0) is 9.47 Å². The van der Waals surface area contributed by atoms with E-state index in [0.717, 1.165) is 37.4 Å². The van der Waals surface area contributed by atoms with Crippen LogP contribution in [0.3, 0.4) is 0 Å². The van der Waals surface area contributed by atoms with Crippen molar-refractivity contribution in [3.8, 4) is 0 Å². The van der Waals surface area contributed by atoms with Gasteiger partial charge in [-0.3, -0.25) is 0 Å². The molecule has 0 spiro atoms. The summed E-state index contributed by atoms with van der Waals surface area (Å²) >= 11 is 0. The second-order valence-electron chi connectivity index (χ2n) is 6.73. The maximum absolute atomic E-state index is 5.53. The largest absolute Gasteiger partial charge is 0.350 e. The van der Waals surface area contributed by atoms with Crippen LogP contribution >= 0.6 is 0 Å². The molecule has 2 aliphatic carbocycles. The molecule has 1 radical (unpaired) electrons. The van der Waals surface area contributed by atoms with Crippen LogP contribution in [0.2, 0.25) is 0 Å². The van der Waals surface area contributed by atoms with E-state index in [1.807, 2.05) is 0 Å². The molecular weight excluding hydrogens is 236 g/mol. The van der Waals surface area contributed by atoms with E-state index in [-0.39, 0.29) is 6.29 Å². The van der Waals surface area contributed by atoms with Crippen molar-refractivity contribution < 1.29 is 9.47 Å². The highest BCUT2D eigenvalue weighted by atomic mass is 16.7. The smallest absolute Gasteiger partial charge is 0.157 e. The van der Waals surface area contributed by atoms with Gasteiger partial charge in [-0.2, -0.15) is 0 Å². The highest BCUT2D eigenvalue weighted by Gasteiger charge is 2.29. The van der Waals surface area contributed by atoms with E-state index in [1.54, 1.807) is 0 Å². The predicted molar refractivity (Wildman–Crippen MR) is 76.6 cm³/mol. The van der Waals surface area contributed by atoms with E-state index in [4.69, 9.17) is 9.47 Å². The molecular formula is C17H29O2. The summed E-state index contributed by atoms with van der Waals surface area (Å²) in [7, 11) is 0. The molecule has 0 aromatic carbocycles. The molecule has 0 amide bonds. The van der Waals surface area contributed by atoms with Crippen molar-refractivity contribution in [2.75, 3.05) is 13.2 Å². The zero-order valence-electron chi connectivity index (χ0n) is 12.2. The zero-order valence-corrected chi connectivity index (χ0v) is 12.2. The van der Waals surface area contributed by atoms with Gasteiger partial charge in [0.15, 0.2) is 6.29 Å². The van der Waals surface area contributed by atoms with Crippen LogP contribution in [0, 0.1) is 24.2 Å². The van der Waals surface area contributed by atoms with Crippen molar-refractivity contribution in [3.05, 3.63) is 6.42 Å². The van der Waals surface area contributed by atoms with E-state index in [1.165, 1.54) is 57.8 Å². The van der Waals surface area contributed by atoms with Crippen molar-refractivity contribution in [1.29, 1.82) is 0 Å². The fraction of sp³-hybridized carbons (Fsp3) is 0.941. The number of hydrogen-bond acceptors (Lipinski definition) is 2. The molecule has 1 heterocycles. The average Bonchev–Trinajstić information content (AvgIpc) is 3.00. The second-order valence-corrected chi connectivity index (χ2v) is 6.73. The topological polar surface area (TPSA) is 18.5 Å². The summed E-state index contributed by atoms with van der Waals surface area (Å²) in [5, 5.41) is 0. The molecule has 0 aromatic rings. The zero-order chi connectivity index (χ0) is 12.9. The van der Waals surface area contributed by atoms with Crippen molar-refractivity contribution >= 4 is 0 Å². The van der Waals surface area contributed by atoms with Crippen molar-refractivity contribution in [3.63, 3.8) is 0 Å². The summed E-state index contributed by atoms with van der Waals surface area (Å²) in [6.07, 6.45) is 16.6. The van der Waals surface area contributed by atoms with E-state index in [2.05, 4.69) is 6.42 Å². The molecule has 3 fully saturated rings. The monoisotopic (exact) mass is 265 g/mol. The first kappa shape index (κ1) is 13.9. The summed E-state index contributed by atoms with van der Waals surface area (Å²) < 4.78 is 11.1. The Bertz CT molecular complexity index is 246. The summed E-state index contributed by atoms with van der Waals surface area (Å²) in [5.74, 6) is 3.04. The summed E-state index contributed by atoms with van der Waals surface area (Å²) in [6, 6.07) is 0. The molecule has 3 aliphatic rings. The Kier molecular flexibility index (Phi) is 5.17. The van der Waals surface area contributed by atoms with E-state index in [9.17, 15) is 0 Å². The van der Waals surface area contributed by atoms with Gasteiger partial charge < -0.3 is 9.47 Å². The summed E-state index contributed by atoms with van der Waals surface area (Å²) in [4.78, 5) is 0. The molecule has 2 nitrogen and oxygen atoms in total. The van der Waals surface area contributed by atoms with Crippen LogP contribution in [0.25, 0.3) is 0 Å². The maximum Gasteiger partial charge on any atom is 0.157 e. The minimum Gasteiger partial charge on any atom is -0.350 e. The minimum absolute atomic E-state index is 0.117. The molecule has 19 heavy (non-hydrogen) atoms.